The molecule has 0 N–H and O–H groups in total. The molecule has 0 radical (unpaired) electrons. The smallest absolute Gasteiger partial charge is 0.254 e. The zero-order valence-electron chi connectivity index (χ0n) is 11.5. The van der Waals surface area contributed by atoms with Gasteiger partial charge in [0.05, 0.1) is 0 Å². The van der Waals surface area contributed by atoms with Crippen molar-refractivity contribution < 1.29 is 4.79 Å². The first-order valence-electron chi connectivity index (χ1n) is 7.33. The fraction of sp³-hybridized carbons (Fsp3) is 0.353. The Labute approximate surface area is 118 Å². The number of fused-ring (bicyclic) bond motifs is 3. The summed E-state index contributed by atoms with van der Waals surface area (Å²) in [6.45, 7) is 4.09. The standard InChI is InChI=1S/C17H18N2O/c20-17(19-10-9-18-8-7-16(19)12-18)15-6-5-13-3-1-2-4-14(13)11-15/h1-6,11,16H,7-10,12H2. The molecule has 0 aliphatic carbocycles. The van der Waals surface area contributed by atoms with Crippen LogP contribution in [0.1, 0.15) is 16.8 Å². The van der Waals surface area contributed by atoms with Crippen molar-refractivity contribution in [3.63, 3.8) is 0 Å². The fourth-order valence-electron chi connectivity index (χ4n) is 3.46. The maximum atomic E-state index is 12.7. The number of carbonyl (C=O) groups is 1. The van der Waals surface area contributed by atoms with Crippen molar-refractivity contribution in [1.29, 1.82) is 0 Å². The second-order valence-electron chi connectivity index (χ2n) is 5.80. The molecule has 0 aromatic heterocycles. The summed E-state index contributed by atoms with van der Waals surface area (Å²) in [5.74, 6) is 0.197. The molecule has 2 heterocycles. The molecule has 102 valence electrons. The summed E-state index contributed by atoms with van der Waals surface area (Å²) in [5, 5.41) is 2.33. The summed E-state index contributed by atoms with van der Waals surface area (Å²) in [4.78, 5) is 17.3. The van der Waals surface area contributed by atoms with Gasteiger partial charge in [-0.15, -0.1) is 0 Å². The summed E-state index contributed by atoms with van der Waals surface area (Å²) >= 11 is 0. The number of hydrogen-bond donors (Lipinski definition) is 0. The highest BCUT2D eigenvalue weighted by atomic mass is 16.2. The summed E-state index contributed by atoms with van der Waals surface area (Å²) < 4.78 is 0. The molecule has 2 aromatic rings. The zero-order chi connectivity index (χ0) is 13.5. The average molecular weight is 266 g/mol. The quantitative estimate of drug-likeness (QED) is 0.791. The van der Waals surface area contributed by atoms with E-state index in [2.05, 4.69) is 21.9 Å². The zero-order valence-corrected chi connectivity index (χ0v) is 11.5. The number of amides is 1. The van der Waals surface area contributed by atoms with Gasteiger partial charge in [-0.25, -0.2) is 0 Å². The van der Waals surface area contributed by atoms with Crippen molar-refractivity contribution in [3.8, 4) is 0 Å². The lowest BCUT2D eigenvalue weighted by atomic mass is 10.1. The lowest BCUT2D eigenvalue weighted by molar-refractivity contribution is 0.0609. The van der Waals surface area contributed by atoms with E-state index in [9.17, 15) is 4.79 Å². The Balaban J connectivity index is 1.66. The van der Waals surface area contributed by atoms with E-state index in [-0.39, 0.29) is 5.91 Å². The summed E-state index contributed by atoms with van der Waals surface area (Å²) in [7, 11) is 0. The van der Waals surface area contributed by atoms with Crippen molar-refractivity contribution in [2.75, 3.05) is 26.2 Å². The number of rotatable bonds is 1. The monoisotopic (exact) mass is 266 g/mol. The van der Waals surface area contributed by atoms with Crippen LogP contribution in [0.4, 0.5) is 0 Å². The Morgan fingerprint density at radius 1 is 1.00 bits per heavy atom. The van der Waals surface area contributed by atoms with E-state index >= 15 is 0 Å². The molecule has 2 atom stereocenters. The summed E-state index contributed by atoms with van der Waals surface area (Å²) in [6, 6.07) is 14.7. The topological polar surface area (TPSA) is 23.6 Å². The molecule has 2 aliphatic rings. The molecule has 2 aromatic carbocycles. The SMILES string of the molecule is O=C(c1ccc2ccccc2c1)N1CCN2CCC1C2. The van der Waals surface area contributed by atoms with E-state index in [1.54, 1.807) is 0 Å². The Morgan fingerprint density at radius 2 is 1.85 bits per heavy atom. The van der Waals surface area contributed by atoms with Crippen LogP contribution in [-0.2, 0) is 0 Å². The second kappa shape index (κ2) is 4.60. The third-order valence-electron chi connectivity index (χ3n) is 4.60. The molecule has 3 nitrogen and oxygen atoms in total. The van der Waals surface area contributed by atoms with Crippen LogP contribution in [0.5, 0.6) is 0 Å². The normalized spacial score (nSPS) is 25.1. The molecule has 0 saturated carbocycles. The van der Waals surface area contributed by atoms with E-state index in [1.807, 2.05) is 30.3 Å². The van der Waals surface area contributed by atoms with Gasteiger partial charge in [-0.1, -0.05) is 30.3 Å². The van der Waals surface area contributed by atoms with Crippen molar-refractivity contribution in [3.05, 3.63) is 48.0 Å². The minimum absolute atomic E-state index is 0.197. The minimum atomic E-state index is 0.197. The van der Waals surface area contributed by atoms with Crippen LogP contribution < -0.4 is 0 Å². The van der Waals surface area contributed by atoms with Crippen molar-refractivity contribution in [2.24, 2.45) is 0 Å². The third-order valence-corrected chi connectivity index (χ3v) is 4.60. The fourth-order valence-corrected chi connectivity index (χ4v) is 3.46. The highest BCUT2D eigenvalue weighted by Crippen LogP contribution is 2.24. The first-order valence-corrected chi connectivity index (χ1v) is 7.33. The second-order valence-corrected chi connectivity index (χ2v) is 5.80. The van der Waals surface area contributed by atoms with Crippen LogP contribution in [-0.4, -0.2) is 47.9 Å². The first kappa shape index (κ1) is 11.9. The van der Waals surface area contributed by atoms with Gasteiger partial charge in [0.2, 0.25) is 0 Å². The van der Waals surface area contributed by atoms with Crippen LogP contribution in [0.3, 0.4) is 0 Å². The lowest BCUT2D eigenvalue weighted by Gasteiger charge is -2.34. The van der Waals surface area contributed by atoms with Gasteiger partial charge in [0, 0.05) is 37.8 Å². The van der Waals surface area contributed by atoms with Gasteiger partial charge in [-0.3, -0.25) is 9.69 Å². The Bertz CT molecular complexity index is 667. The molecule has 2 saturated heterocycles. The Hall–Kier alpha value is -1.87. The van der Waals surface area contributed by atoms with Crippen LogP contribution >= 0.6 is 0 Å². The number of benzene rings is 2. The van der Waals surface area contributed by atoms with Gasteiger partial charge in [0.15, 0.2) is 0 Å². The van der Waals surface area contributed by atoms with Crippen LogP contribution in [0.25, 0.3) is 10.8 Å². The van der Waals surface area contributed by atoms with Crippen LogP contribution in [0.2, 0.25) is 0 Å². The van der Waals surface area contributed by atoms with Crippen molar-refractivity contribution >= 4 is 16.7 Å². The average Bonchev–Trinajstić information content (AvgIpc) is 2.88. The summed E-state index contributed by atoms with van der Waals surface area (Å²) in [6.07, 6.45) is 1.12. The Morgan fingerprint density at radius 3 is 2.75 bits per heavy atom. The number of nitrogens with zero attached hydrogens (tertiary/aromatic N) is 2. The number of carbonyl (C=O) groups excluding carboxylic acids is 1. The maximum absolute atomic E-state index is 12.7. The molecule has 20 heavy (non-hydrogen) atoms. The molecule has 2 fully saturated rings. The molecular weight excluding hydrogens is 248 g/mol. The highest BCUT2D eigenvalue weighted by Gasteiger charge is 2.35. The third kappa shape index (κ3) is 1.90. The van der Waals surface area contributed by atoms with E-state index in [0.29, 0.717) is 6.04 Å². The molecule has 3 heteroatoms. The van der Waals surface area contributed by atoms with Gasteiger partial charge >= 0.3 is 0 Å². The maximum Gasteiger partial charge on any atom is 0.254 e. The molecule has 2 unspecified atom stereocenters. The number of piperazine rings is 1. The Kier molecular flexibility index (Phi) is 2.74. The predicted molar refractivity (Wildman–Crippen MR) is 79.8 cm³/mol. The van der Waals surface area contributed by atoms with E-state index in [0.717, 1.165) is 43.5 Å². The highest BCUT2D eigenvalue weighted by molar-refractivity contribution is 5.98. The van der Waals surface area contributed by atoms with Gasteiger partial charge in [-0.2, -0.15) is 0 Å². The number of hydrogen-bond acceptors (Lipinski definition) is 2. The summed E-state index contributed by atoms with van der Waals surface area (Å²) in [5.41, 5.74) is 0.823. The molecule has 0 spiro atoms. The molecule has 2 aliphatic heterocycles. The molecule has 2 bridgehead atoms. The molecule has 4 rings (SSSR count). The van der Waals surface area contributed by atoms with Crippen LogP contribution in [0.15, 0.2) is 42.5 Å². The van der Waals surface area contributed by atoms with Gasteiger partial charge in [0.1, 0.15) is 0 Å². The van der Waals surface area contributed by atoms with Gasteiger partial charge in [0.25, 0.3) is 5.91 Å². The largest absolute Gasteiger partial charge is 0.333 e. The molecular formula is C17H18N2O. The van der Waals surface area contributed by atoms with E-state index in [1.165, 1.54) is 5.39 Å². The van der Waals surface area contributed by atoms with Gasteiger partial charge in [-0.05, 0) is 29.3 Å². The van der Waals surface area contributed by atoms with Crippen molar-refractivity contribution in [1.82, 2.24) is 9.80 Å². The van der Waals surface area contributed by atoms with Crippen molar-refractivity contribution in [2.45, 2.75) is 12.5 Å². The first-order chi connectivity index (χ1) is 9.81. The minimum Gasteiger partial charge on any atom is -0.333 e. The van der Waals surface area contributed by atoms with Crippen LogP contribution in [0, 0.1) is 0 Å². The van der Waals surface area contributed by atoms with E-state index < -0.39 is 0 Å². The van der Waals surface area contributed by atoms with E-state index in [4.69, 9.17) is 0 Å². The lowest BCUT2D eigenvalue weighted by Crippen LogP contribution is -2.49. The van der Waals surface area contributed by atoms with Gasteiger partial charge < -0.3 is 4.90 Å². The predicted octanol–water partition coefficient (Wildman–Crippen LogP) is 2.37. The molecule has 1 amide bonds.